The van der Waals surface area contributed by atoms with Crippen LogP contribution >= 0.6 is 15.9 Å². The van der Waals surface area contributed by atoms with Crippen molar-refractivity contribution < 1.29 is 25.5 Å². The number of hydrogen-bond acceptors (Lipinski definition) is 4. The molecule has 0 atom stereocenters. The van der Waals surface area contributed by atoms with Gasteiger partial charge in [-0.15, -0.1) is 0 Å². The van der Waals surface area contributed by atoms with Crippen molar-refractivity contribution >= 4 is 21.6 Å². The Hall–Kier alpha value is -1.00. The summed E-state index contributed by atoms with van der Waals surface area (Å²) in [6.07, 6.45) is 5.88. The van der Waals surface area contributed by atoms with Crippen LogP contribution in [0.5, 0.6) is 0 Å². The van der Waals surface area contributed by atoms with E-state index in [2.05, 4.69) is 37.5 Å². The molecule has 7 heteroatoms. The van der Waals surface area contributed by atoms with Crippen LogP contribution in [0.1, 0.15) is 0 Å². The van der Waals surface area contributed by atoms with Crippen molar-refractivity contribution in [2.45, 2.75) is 0 Å². The van der Waals surface area contributed by atoms with Gasteiger partial charge in [0.15, 0.2) is 0 Å². The van der Waals surface area contributed by atoms with Gasteiger partial charge in [-0.25, -0.2) is 15.2 Å². The predicted molar refractivity (Wildman–Crippen MR) is 55.0 cm³/mol. The third kappa shape index (κ3) is 1.83. The normalized spacial score (nSPS) is 10.3. The van der Waals surface area contributed by atoms with Crippen LogP contribution in [0.3, 0.4) is 0 Å². The van der Waals surface area contributed by atoms with Crippen molar-refractivity contribution in [2.24, 2.45) is 0 Å². The molecule has 0 saturated heterocycles. The Morgan fingerprint density at radius 2 is 2.25 bits per heavy atom. The van der Waals surface area contributed by atoms with E-state index < -0.39 is 0 Å². The van der Waals surface area contributed by atoms with Crippen LogP contribution in [-0.2, 0) is 21.1 Å². The van der Waals surface area contributed by atoms with Gasteiger partial charge in [-0.3, -0.25) is 0 Å². The second-order valence-corrected chi connectivity index (χ2v) is 3.83. The predicted octanol–water partition coefficient (Wildman–Crippen LogP) is 1.94. The molecule has 0 aliphatic rings. The molecule has 80 valence electrons. The molecular weight excluding hydrogens is 444 g/mol. The number of hydrogen-bond donors (Lipinski definition) is 0. The van der Waals surface area contributed by atoms with E-state index in [9.17, 15) is 0 Å². The summed E-state index contributed by atoms with van der Waals surface area (Å²) in [5.41, 5.74) is 1.58. The molecule has 3 aromatic heterocycles. The van der Waals surface area contributed by atoms with Gasteiger partial charge in [0.1, 0.15) is 11.5 Å². The second-order valence-electron chi connectivity index (χ2n) is 2.92. The minimum Gasteiger partial charge on any atom is -0.608 e. The van der Waals surface area contributed by atoms with Crippen molar-refractivity contribution in [2.75, 3.05) is 0 Å². The molecule has 16 heavy (non-hydrogen) atoms. The maximum Gasteiger partial charge on any atom is 0.135 e. The first-order valence-corrected chi connectivity index (χ1v) is 4.96. The largest absolute Gasteiger partial charge is 0.608 e. The fraction of sp³-hybridized carbons (Fsp3) is 0. The van der Waals surface area contributed by atoms with Crippen LogP contribution in [0.25, 0.3) is 17.2 Å². The van der Waals surface area contributed by atoms with Crippen LogP contribution < -0.4 is 0 Å². The van der Waals surface area contributed by atoms with Crippen LogP contribution in [0.15, 0.2) is 33.4 Å². The van der Waals surface area contributed by atoms with Gasteiger partial charge in [-0.2, -0.15) is 0 Å². The Morgan fingerprint density at radius 1 is 1.38 bits per heavy atom. The molecule has 3 heterocycles. The minimum absolute atomic E-state index is 0. The number of pyridine rings is 1. The zero-order chi connectivity index (χ0) is 10.3. The summed E-state index contributed by atoms with van der Waals surface area (Å²) >= 11 is 3.39. The summed E-state index contributed by atoms with van der Waals surface area (Å²) in [4.78, 5) is 4.22. The van der Waals surface area contributed by atoms with E-state index in [1.165, 1.54) is 0 Å². The zero-order valence-electron chi connectivity index (χ0n) is 7.79. The topological polar surface area (TPSA) is 56.2 Å². The number of nitrogens with zero attached hydrogens (tertiary/aromatic N) is 4. The van der Waals surface area contributed by atoms with E-state index >= 15 is 0 Å². The molecule has 5 nitrogen and oxygen atoms in total. The molecule has 0 saturated carbocycles. The number of halogens is 1. The standard InChI is InChI=1S/C9H4BrN4O.W/c10-6-1-2-8-11-3-7(14(8)4-6)9-13-12-5-15-9;/h1-4H;/q-1;. The molecule has 0 N–H and O–H groups in total. The van der Waals surface area contributed by atoms with Gasteiger partial charge in [0.05, 0.1) is 6.39 Å². The smallest absolute Gasteiger partial charge is 0.135 e. The first kappa shape index (κ1) is 11.5. The maximum atomic E-state index is 5.00. The molecule has 0 bridgehead atoms. The number of aromatic nitrogens is 4. The van der Waals surface area contributed by atoms with Gasteiger partial charge >= 0.3 is 0 Å². The molecule has 3 aromatic rings. The van der Waals surface area contributed by atoms with Gasteiger partial charge in [0.25, 0.3) is 0 Å². The third-order valence-corrected chi connectivity index (χ3v) is 2.48. The molecule has 0 aromatic carbocycles. The molecular formula is C9H4BrN4OW-. The fourth-order valence-electron chi connectivity index (χ4n) is 1.37. The summed E-state index contributed by atoms with van der Waals surface area (Å²) in [5, 5.41) is 7.30. The quantitative estimate of drug-likeness (QED) is 0.535. The molecule has 0 amide bonds. The SMILES string of the molecule is Brc1ccc2ncc(-c3nn[c-]o3)n2c1.[W]. The second kappa shape index (κ2) is 4.47. The summed E-state index contributed by atoms with van der Waals surface area (Å²) in [5.74, 6) is 0.403. The van der Waals surface area contributed by atoms with Gasteiger partial charge in [-0.1, -0.05) is 0 Å². The molecule has 0 unspecified atom stereocenters. The third-order valence-electron chi connectivity index (χ3n) is 2.01. The molecule has 3 rings (SSSR count). The minimum atomic E-state index is 0. The summed E-state index contributed by atoms with van der Waals surface area (Å²) in [7, 11) is 0. The monoisotopic (exact) mass is 447 g/mol. The average molecular weight is 448 g/mol. The van der Waals surface area contributed by atoms with Crippen LogP contribution in [0, 0.1) is 6.39 Å². The summed E-state index contributed by atoms with van der Waals surface area (Å²) < 4.78 is 7.83. The van der Waals surface area contributed by atoms with Gasteiger partial charge in [0.2, 0.25) is 0 Å². The van der Waals surface area contributed by atoms with E-state index in [4.69, 9.17) is 4.42 Å². The van der Waals surface area contributed by atoms with E-state index in [0.717, 1.165) is 15.8 Å². The number of fused-ring (bicyclic) bond motifs is 1. The van der Waals surface area contributed by atoms with Crippen molar-refractivity contribution in [3.05, 3.63) is 35.4 Å². The van der Waals surface area contributed by atoms with Crippen molar-refractivity contribution in [3.8, 4) is 11.6 Å². The molecule has 0 fully saturated rings. The first-order valence-electron chi connectivity index (χ1n) is 4.17. The van der Waals surface area contributed by atoms with Crippen LogP contribution in [0.2, 0.25) is 0 Å². The number of imidazole rings is 1. The van der Waals surface area contributed by atoms with Gasteiger partial charge in [-0.05, 0) is 28.1 Å². The zero-order valence-corrected chi connectivity index (χ0v) is 12.3. The van der Waals surface area contributed by atoms with E-state index in [1.54, 1.807) is 6.20 Å². The summed E-state index contributed by atoms with van der Waals surface area (Å²) in [6, 6.07) is 3.82. The Morgan fingerprint density at radius 3 is 3.00 bits per heavy atom. The Kier molecular flexibility index (Phi) is 3.21. The van der Waals surface area contributed by atoms with Crippen LogP contribution in [-0.4, -0.2) is 19.6 Å². The van der Waals surface area contributed by atoms with Crippen molar-refractivity contribution in [1.82, 2.24) is 19.6 Å². The van der Waals surface area contributed by atoms with Gasteiger partial charge in [0, 0.05) is 43.6 Å². The Labute approximate surface area is 113 Å². The molecule has 0 aliphatic heterocycles. The van der Waals surface area contributed by atoms with Crippen molar-refractivity contribution in [1.29, 1.82) is 0 Å². The fourth-order valence-corrected chi connectivity index (χ4v) is 1.70. The molecule has 0 aliphatic carbocycles. The van der Waals surface area contributed by atoms with E-state index in [-0.39, 0.29) is 21.1 Å². The van der Waals surface area contributed by atoms with Gasteiger partial charge < -0.3 is 8.82 Å². The van der Waals surface area contributed by atoms with E-state index in [1.807, 2.05) is 22.7 Å². The molecule has 0 spiro atoms. The summed E-state index contributed by atoms with van der Waals surface area (Å²) in [6.45, 7) is 0. The van der Waals surface area contributed by atoms with Crippen LogP contribution in [0.4, 0.5) is 0 Å². The maximum absolute atomic E-state index is 5.00. The van der Waals surface area contributed by atoms with E-state index in [0.29, 0.717) is 5.89 Å². The van der Waals surface area contributed by atoms with Crippen molar-refractivity contribution in [3.63, 3.8) is 0 Å². The average Bonchev–Trinajstić information content (AvgIpc) is 2.83. The molecule has 0 radical (unpaired) electrons. The Bertz CT molecular complexity index is 607. The Balaban J connectivity index is 0.000000963. The first-order chi connectivity index (χ1) is 7.34. The number of rotatable bonds is 1.